The molecule has 1 atom stereocenters. The maximum absolute atomic E-state index is 13.0. The van der Waals surface area contributed by atoms with Crippen LogP contribution in [-0.2, 0) is 9.09 Å². The molecule has 1 aliphatic carbocycles. The molecule has 0 spiro atoms. The minimum Gasteiger partial charge on any atom is -0.496 e. The van der Waals surface area contributed by atoms with Gasteiger partial charge in [-0.1, -0.05) is 12.1 Å². The second-order valence-electron chi connectivity index (χ2n) is 5.33. The van der Waals surface area contributed by atoms with E-state index in [0.717, 1.165) is 6.26 Å². The van der Waals surface area contributed by atoms with Gasteiger partial charge >= 0.3 is 8.25 Å². The zero-order chi connectivity index (χ0) is 18.8. The topological polar surface area (TPSA) is 99.1 Å². The van der Waals surface area contributed by atoms with Crippen molar-refractivity contribution in [3.05, 3.63) is 64.4 Å². The van der Waals surface area contributed by atoms with Crippen molar-refractivity contribution in [1.29, 1.82) is 0 Å². The molecular weight excluding hydrogens is 359 g/mol. The van der Waals surface area contributed by atoms with Crippen LogP contribution in [0.2, 0.25) is 0 Å². The van der Waals surface area contributed by atoms with Crippen molar-refractivity contribution in [1.82, 2.24) is 0 Å². The maximum Gasteiger partial charge on any atom is 0.746 e. The van der Waals surface area contributed by atoms with Crippen molar-refractivity contribution in [3.63, 3.8) is 0 Å². The van der Waals surface area contributed by atoms with Crippen LogP contribution in [0.25, 0.3) is 6.08 Å². The van der Waals surface area contributed by atoms with Gasteiger partial charge in [-0.2, -0.15) is 0 Å². The van der Waals surface area contributed by atoms with E-state index in [1.807, 2.05) is 0 Å². The Bertz CT molecular complexity index is 962. The fourth-order valence-electron chi connectivity index (χ4n) is 2.86. The SMILES string of the molecule is COc1cccc2c1C(=O)c1c(OC)cc(C=CO[P+](=O)O)cc1C2=O. The normalized spacial score (nSPS) is 13.3. The molecule has 0 saturated heterocycles. The van der Waals surface area contributed by atoms with Gasteiger partial charge in [-0.15, -0.1) is 4.89 Å². The molecule has 0 heterocycles. The molecule has 8 heteroatoms. The summed E-state index contributed by atoms with van der Waals surface area (Å²) < 4.78 is 25.6. The number of carbonyl (C=O) groups excluding carboxylic acids is 2. The van der Waals surface area contributed by atoms with Crippen LogP contribution in [0.15, 0.2) is 36.6 Å². The quantitative estimate of drug-likeness (QED) is 0.542. The molecule has 2 aromatic rings. The zero-order valence-electron chi connectivity index (χ0n) is 13.9. The number of rotatable bonds is 5. The number of ketones is 2. The predicted octanol–water partition coefficient (Wildman–Crippen LogP) is 3.12. The summed E-state index contributed by atoms with van der Waals surface area (Å²) in [6.45, 7) is 0. The number of fused-ring (bicyclic) bond motifs is 2. The molecule has 0 saturated carbocycles. The number of hydrogen-bond acceptors (Lipinski definition) is 6. The van der Waals surface area contributed by atoms with E-state index in [0.29, 0.717) is 11.3 Å². The molecule has 0 fully saturated rings. The van der Waals surface area contributed by atoms with Gasteiger partial charge < -0.3 is 9.47 Å². The average Bonchev–Trinajstić information content (AvgIpc) is 2.64. The Morgan fingerprint density at radius 1 is 0.962 bits per heavy atom. The number of methoxy groups -OCH3 is 2. The fourth-order valence-corrected chi connectivity index (χ4v) is 3.03. The fraction of sp³-hybridized carbons (Fsp3) is 0.111. The molecule has 0 bridgehead atoms. The van der Waals surface area contributed by atoms with Crippen LogP contribution in [0.4, 0.5) is 0 Å². The Hall–Kier alpha value is -3.02. The number of benzene rings is 2. The van der Waals surface area contributed by atoms with E-state index >= 15 is 0 Å². The lowest BCUT2D eigenvalue weighted by molar-refractivity contribution is 0.0974. The van der Waals surface area contributed by atoms with E-state index in [9.17, 15) is 14.2 Å². The highest BCUT2D eigenvalue weighted by atomic mass is 31.1. The monoisotopic (exact) mass is 373 g/mol. The Labute approximate surface area is 149 Å². The summed E-state index contributed by atoms with van der Waals surface area (Å²) in [5.74, 6) is -0.173. The van der Waals surface area contributed by atoms with Gasteiger partial charge in [0.1, 0.15) is 11.5 Å². The van der Waals surface area contributed by atoms with Crippen molar-refractivity contribution >= 4 is 25.9 Å². The average molecular weight is 373 g/mol. The second-order valence-corrected chi connectivity index (χ2v) is 6.02. The van der Waals surface area contributed by atoms with Crippen LogP contribution < -0.4 is 9.47 Å². The highest BCUT2D eigenvalue weighted by molar-refractivity contribution is 7.32. The van der Waals surface area contributed by atoms with Crippen LogP contribution in [0, 0.1) is 0 Å². The van der Waals surface area contributed by atoms with Crippen molar-refractivity contribution in [3.8, 4) is 11.5 Å². The first kappa shape index (κ1) is 17.8. The molecule has 1 unspecified atom stereocenters. The van der Waals surface area contributed by atoms with Gasteiger partial charge in [0.15, 0.2) is 12.0 Å². The molecule has 7 nitrogen and oxygen atoms in total. The molecule has 2 aromatic carbocycles. The maximum atomic E-state index is 13.0. The summed E-state index contributed by atoms with van der Waals surface area (Å²) >= 11 is 0. The van der Waals surface area contributed by atoms with Crippen molar-refractivity contribution in [2.45, 2.75) is 0 Å². The second kappa shape index (κ2) is 7.07. The highest BCUT2D eigenvalue weighted by Crippen LogP contribution is 2.38. The third-order valence-electron chi connectivity index (χ3n) is 3.95. The largest absolute Gasteiger partial charge is 0.746 e. The van der Waals surface area contributed by atoms with E-state index in [2.05, 4.69) is 4.52 Å². The van der Waals surface area contributed by atoms with Gasteiger partial charge in [0.05, 0.1) is 25.3 Å². The van der Waals surface area contributed by atoms with Gasteiger partial charge in [0.25, 0.3) is 0 Å². The van der Waals surface area contributed by atoms with E-state index in [1.54, 1.807) is 18.2 Å². The van der Waals surface area contributed by atoms with Crippen molar-refractivity contribution < 1.29 is 33.0 Å². The molecule has 26 heavy (non-hydrogen) atoms. The molecule has 132 valence electrons. The third kappa shape index (κ3) is 2.98. The summed E-state index contributed by atoms with van der Waals surface area (Å²) in [5.41, 5.74) is 1.27. The van der Waals surface area contributed by atoms with Gasteiger partial charge in [-0.05, 0) is 29.8 Å². The van der Waals surface area contributed by atoms with Gasteiger partial charge in [0.2, 0.25) is 5.78 Å². The highest BCUT2D eigenvalue weighted by Gasteiger charge is 2.35. The molecular formula is C18H14O7P+. The van der Waals surface area contributed by atoms with Crippen molar-refractivity contribution in [2.24, 2.45) is 0 Å². The smallest absolute Gasteiger partial charge is 0.496 e. The van der Waals surface area contributed by atoms with Crippen LogP contribution in [0.3, 0.4) is 0 Å². The first-order valence-electron chi connectivity index (χ1n) is 7.45. The minimum atomic E-state index is -2.78. The summed E-state index contributed by atoms with van der Waals surface area (Å²) in [7, 11) is 0.0423. The Balaban J connectivity index is 2.17. The lowest BCUT2D eigenvalue weighted by atomic mass is 9.82. The van der Waals surface area contributed by atoms with E-state index in [4.69, 9.17) is 14.4 Å². The Kier molecular flexibility index (Phi) is 4.84. The molecule has 0 amide bonds. The lowest BCUT2D eigenvalue weighted by Gasteiger charge is -2.21. The standard InChI is InChI=1S/C18H13O7P/c1-23-13-5-3-4-11-15(13)18(20)16-12(17(11)19)8-10(9-14(16)24-2)6-7-25-26(21)22/h3-9H,1-2H3/p+1. The van der Waals surface area contributed by atoms with E-state index in [-0.39, 0.29) is 39.6 Å². The number of ether oxygens (including phenoxy) is 2. The predicted molar refractivity (Wildman–Crippen MR) is 92.8 cm³/mol. The lowest BCUT2D eigenvalue weighted by Crippen LogP contribution is -2.22. The van der Waals surface area contributed by atoms with Gasteiger partial charge in [0, 0.05) is 15.7 Å². The zero-order valence-corrected chi connectivity index (χ0v) is 14.8. The molecule has 1 aliphatic rings. The molecule has 3 rings (SSSR count). The minimum absolute atomic E-state index is 0.154. The number of hydrogen-bond donors (Lipinski definition) is 1. The summed E-state index contributed by atoms with van der Waals surface area (Å²) in [6, 6.07) is 7.86. The summed E-state index contributed by atoms with van der Waals surface area (Å²) in [6.07, 6.45) is 2.43. The van der Waals surface area contributed by atoms with Crippen LogP contribution in [-0.4, -0.2) is 30.7 Å². The van der Waals surface area contributed by atoms with Crippen molar-refractivity contribution in [2.75, 3.05) is 14.2 Å². The van der Waals surface area contributed by atoms with Crippen LogP contribution in [0.5, 0.6) is 11.5 Å². The van der Waals surface area contributed by atoms with Crippen LogP contribution >= 0.6 is 8.25 Å². The van der Waals surface area contributed by atoms with Gasteiger partial charge in [-0.25, -0.2) is 4.52 Å². The molecule has 0 aliphatic heterocycles. The third-order valence-corrected chi connectivity index (χ3v) is 4.25. The van der Waals surface area contributed by atoms with Crippen LogP contribution in [0.1, 0.15) is 37.4 Å². The summed E-state index contributed by atoms with van der Waals surface area (Å²) in [5, 5.41) is 0. The Morgan fingerprint density at radius 2 is 1.65 bits per heavy atom. The first-order valence-corrected chi connectivity index (χ1v) is 8.58. The van der Waals surface area contributed by atoms with E-state index in [1.165, 1.54) is 32.4 Å². The molecule has 0 radical (unpaired) electrons. The molecule has 1 N–H and O–H groups in total. The molecule has 0 aromatic heterocycles. The van der Waals surface area contributed by atoms with E-state index < -0.39 is 8.25 Å². The summed E-state index contributed by atoms with van der Waals surface area (Å²) in [4.78, 5) is 34.6. The van der Waals surface area contributed by atoms with Gasteiger partial charge in [-0.3, -0.25) is 9.59 Å². The number of carbonyl (C=O) groups is 2. The first-order chi connectivity index (χ1) is 12.5. The Morgan fingerprint density at radius 3 is 2.31 bits per heavy atom.